The van der Waals surface area contributed by atoms with Gasteiger partial charge < -0.3 is 10.2 Å². The molecule has 5 nitrogen and oxygen atoms in total. The van der Waals surface area contributed by atoms with Crippen LogP contribution in [0.5, 0.6) is 0 Å². The van der Waals surface area contributed by atoms with Gasteiger partial charge in [-0.3, -0.25) is 0 Å². The smallest absolute Gasteiger partial charge is 0.153 e. The molecule has 80 valence electrons. The standard InChI is InChI=1S/C9H10BrN3O2/c10-4-7(14)9(15)6-5-11-8-2-1-3-12-13(6)8/h1-3,5,7,9,14-15H,4H2. The SMILES string of the molecule is OC(CBr)C(O)c1cnc2cccnn12. The molecular formula is C9H10BrN3O2. The third kappa shape index (κ3) is 1.88. The molecule has 2 unspecified atom stereocenters. The van der Waals surface area contributed by atoms with Gasteiger partial charge in [0.05, 0.1) is 18.0 Å². The number of imidazole rings is 1. The van der Waals surface area contributed by atoms with Crippen molar-refractivity contribution in [2.45, 2.75) is 12.2 Å². The maximum absolute atomic E-state index is 9.80. The lowest BCUT2D eigenvalue weighted by molar-refractivity contribution is 0.0304. The van der Waals surface area contributed by atoms with Crippen LogP contribution in [0.2, 0.25) is 0 Å². The Kier molecular flexibility index (Phi) is 2.99. The molecule has 0 bridgehead atoms. The van der Waals surface area contributed by atoms with Crippen molar-refractivity contribution >= 4 is 21.6 Å². The van der Waals surface area contributed by atoms with Gasteiger partial charge in [-0.05, 0) is 12.1 Å². The summed E-state index contributed by atoms with van der Waals surface area (Å²) in [5, 5.41) is 23.6. The number of halogens is 1. The molecule has 2 N–H and O–H groups in total. The van der Waals surface area contributed by atoms with Crippen molar-refractivity contribution in [3.8, 4) is 0 Å². The molecule has 2 aromatic rings. The molecular weight excluding hydrogens is 262 g/mol. The molecule has 0 saturated carbocycles. The van der Waals surface area contributed by atoms with E-state index in [-0.39, 0.29) is 0 Å². The van der Waals surface area contributed by atoms with Crippen LogP contribution < -0.4 is 0 Å². The maximum Gasteiger partial charge on any atom is 0.153 e. The van der Waals surface area contributed by atoms with E-state index in [4.69, 9.17) is 0 Å². The summed E-state index contributed by atoms with van der Waals surface area (Å²) in [6.45, 7) is 0. The van der Waals surface area contributed by atoms with E-state index < -0.39 is 12.2 Å². The van der Waals surface area contributed by atoms with Crippen molar-refractivity contribution in [1.29, 1.82) is 0 Å². The van der Waals surface area contributed by atoms with Gasteiger partial charge in [-0.15, -0.1) is 0 Å². The Bertz CT molecular complexity index is 459. The summed E-state index contributed by atoms with van der Waals surface area (Å²) in [6, 6.07) is 3.54. The number of aliphatic hydroxyl groups is 2. The molecule has 2 atom stereocenters. The normalized spacial score (nSPS) is 15.4. The van der Waals surface area contributed by atoms with Crippen LogP contribution >= 0.6 is 15.9 Å². The quantitative estimate of drug-likeness (QED) is 0.799. The van der Waals surface area contributed by atoms with Crippen molar-refractivity contribution in [3.63, 3.8) is 0 Å². The Hall–Kier alpha value is -0.980. The number of rotatable bonds is 3. The highest BCUT2D eigenvalue weighted by atomic mass is 79.9. The molecule has 0 aliphatic carbocycles. The van der Waals surface area contributed by atoms with Crippen molar-refractivity contribution in [2.75, 3.05) is 5.33 Å². The molecule has 2 heterocycles. The number of aliphatic hydroxyl groups excluding tert-OH is 2. The Morgan fingerprint density at radius 1 is 1.47 bits per heavy atom. The van der Waals surface area contributed by atoms with Crippen LogP contribution in [0.3, 0.4) is 0 Å². The Morgan fingerprint density at radius 2 is 2.27 bits per heavy atom. The van der Waals surface area contributed by atoms with Gasteiger partial charge in [-0.1, -0.05) is 15.9 Å². The fourth-order valence-electron chi connectivity index (χ4n) is 1.33. The van der Waals surface area contributed by atoms with E-state index in [1.807, 2.05) is 0 Å². The molecule has 0 fully saturated rings. The first kappa shape index (κ1) is 10.5. The minimum absolute atomic E-state index is 0.300. The van der Waals surface area contributed by atoms with E-state index in [0.29, 0.717) is 16.7 Å². The monoisotopic (exact) mass is 271 g/mol. The molecule has 0 radical (unpaired) electrons. The lowest BCUT2D eigenvalue weighted by Gasteiger charge is -2.14. The minimum Gasteiger partial charge on any atom is -0.389 e. The zero-order valence-electron chi connectivity index (χ0n) is 7.79. The summed E-state index contributed by atoms with van der Waals surface area (Å²) >= 11 is 3.10. The molecule has 0 aliphatic rings. The number of aromatic nitrogens is 3. The zero-order valence-corrected chi connectivity index (χ0v) is 9.37. The molecule has 2 aromatic heterocycles. The van der Waals surface area contributed by atoms with Gasteiger partial charge in [0.15, 0.2) is 5.65 Å². The number of hydrogen-bond donors (Lipinski definition) is 2. The summed E-state index contributed by atoms with van der Waals surface area (Å²) in [7, 11) is 0. The Balaban J connectivity index is 2.43. The predicted molar refractivity (Wildman–Crippen MR) is 57.7 cm³/mol. The fourth-order valence-corrected chi connectivity index (χ4v) is 1.68. The average molecular weight is 272 g/mol. The predicted octanol–water partition coefficient (Wildman–Crippen LogP) is 0.518. The topological polar surface area (TPSA) is 70.7 Å². The van der Waals surface area contributed by atoms with Gasteiger partial charge in [-0.2, -0.15) is 5.10 Å². The molecule has 0 aromatic carbocycles. The minimum atomic E-state index is -0.991. The third-order valence-corrected chi connectivity index (χ3v) is 2.79. The van der Waals surface area contributed by atoms with Gasteiger partial charge in [0.1, 0.15) is 6.10 Å². The van der Waals surface area contributed by atoms with Crippen LogP contribution in [0.15, 0.2) is 24.5 Å². The van der Waals surface area contributed by atoms with E-state index in [1.54, 1.807) is 18.3 Å². The molecule has 6 heteroatoms. The second kappa shape index (κ2) is 4.26. The van der Waals surface area contributed by atoms with Gasteiger partial charge >= 0.3 is 0 Å². The Labute approximate surface area is 94.5 Å². The van der Waals surface area contributed by atoms with Gasteiger partial charge in [0.25, 0.3) is 0 Å². The van der Waals surface area contributed by atoms with E-state index in [9.17, 15) is 10.2 Å². The summed E-state index contributed by atoms with van der Waals surface area (Å²) in [6.07, 6.45) is 1.26. The highest BCUT2D eigenvalue weighted by Crippen LogP contribution is 2.18. The second-order valence-electron chi connectivity index (χ2n) is 3.14. The summed E-state index contributed by atoms with van der Waals surface area (Å²) in [4.78, 5) is 4.07. The maximum atomic E-state index is 9.80. The highest BCUT2D eigenvalue weighted by Gasteiger charge is 2.21. The Morgan fingerprint density at radius 3 is 3.00 bits per heavy atom. The fraction of sp³-hybridized carbons (Fsp3) is 0.333. The number of fused-ring (bicyclic) bond motifs is 1. The third-order valence-electron chi connectivity index (χ3n) is 2.13. The van der Waals surface area contributed by atoms with E-state index >= 15 is 0 Å². The van der Waals surface area contributed by atoms with Gasteiger partial charge in [-0.25, -0.2) is 9.50 Å². The van der Waals surface area contributed by atoms with Crippen LogP contribution in [0.4, 0.5) is 0 Å². The molecule has 0 saturated heterocycles. The van der Waals surface area contributed by atoms with Crippen LogP contribution in [0, 0.1) is 0 Å². The second-order valence-corrected chi connectivity index (χ2v) is 3.79. The molecule has 0 spiro atoms. The highest BCUT2D eigenvalue weighted by molar-refractivity contribution is 9.09. The van der Waals surface area contributed by atoms with Crippen molar-refractivity contribution in [1.82, 2.24) is 14.6 Å². The van der Waals surface area contributed by atoms with Crippen LogP contribution in [-0.2, 0) is 0 Å². The zero-order chi connectivity index (χ0) is 10.8. The number of alkyl halides is 1. The molecule has 2 rings (SSSR count). The number of hydrogen-bond acceptors (Lipinski definition) is 4. The van der Waals surface area contributed by atoms with Gasteiger partial charge in [0, 0.05) is 11.5 Å². The van der Waals surface area contributed by atoms with E-state index in [0.717, 1.165) is 0 Å². The lowest BCUT2D eigenvalue weighted by Crippen LogP contribution is -2.21. The van der Waals surface area contributed by atoms with Crippen LogP contribution in [0.1, 0.15) is 11.8 Å². The molecule has 15 heavy (non-hydrogen) atoms. The molecule has 0 aliphatic heterocycles. The number of nitrogens with zero attached hydrogens (tertiary/aromatic N) is 3. The first-order valence-corrected chi connectivity index (χ1v) is 5.57. The van der Waals surface area contributed by atoms with Crippen LogP contribution in [0.25, 0.3) is 5.65 Å². The van der Waals surface area contributed by atoms with E-state index in [2.05, 4.69) is 26.0 Å². The largest absolute Gasteiger partial charge is 0.389 e. The average Bonchev–Trinajstić information content (AvgIpc) is 2.70. The summed E-state index contributed by atoms with van der Waals surface area (Å²) in [5.74, 6) is 0. The van der Waals surface area contributed by atoms with Crippen LogP contribution in [-0.4, -0.2) is 36.2 Å². The lowest BCUT2D eigenvalue weighted by atomic mass is 10.2. The van der Waals surface area contributed by atoms with Gasteiger partial charge in [0.2, 0.25) is 0 Å². The van der Waals surface area contributed by atoms with Crippen molar-refractivity contribution in [2.24, 2.45) is 0 Å². The van der Waals surface area contributed by atoms with Crippen molar-refractivity contribution in [3.05, 3.63) is 30.2 Å². The first-order chi connectivity index (χ1) is 7.24. The first-order valence-electron chi connectivity index (χ1n) is 4.45. The van der Waals surface area contributed by atoms with E-state index in [1.165, 1.54) is 10.7 Å². The van der Waals surface area contributed by atoms with Crippen molar-refractivity contribution < 1.29 is 10.2 Å². The summed E-state index contributed by atoms with van der Waals surface area (Å²) in [5.41, 5.74) is 1.13. The molecule has 0 amide bonds. The summed E-state index contributed by atoms with van der Waals surface area (Å²) < 4.78 is 1.51.